The van der Waals surface area contributed by atoms with E-state index in [1.165, 1.54) is 0 Å². The molecule has 0 fully saturated rings. The molecule has 0 spiro atoms. The summed E-state index contributed by atoms with van der Waals surface area (Å²) in [5.41, 5.74) is 0. The second kappa shape index (κ2) is 4.25. The maximum atomic E-state index is 8.74. The molecule has 0 aliphatic heterocycles. The monoisotopic (exact) mass is 146 g/mol. The summed E-state index contributed by atoms with van der Waals surface area (Å²) in [6, 6.07) is 0. The second-order valence-electron chi connectivity index (χ2n) is 0.448. The zero-order valence-corrected chi connectivity index (χ0v) is 2.94. The summed E-state index contributed by atoms with van der Waals surface area (Å²) in [6.45, 7) is 0. The van der Waals surface area contributed by atoms with Crippen LogP contribution in [-0.2, 0) is 10.4 Å². The summed E-state index contributed by atoms with van der Waals surface area (Å²) in [5.74, 6) is 0. The zero-order valence-electron chi connectivity index (χ0n) is 2.12. The molecule has 48 valence electrons. The molecule has 2 N–H and O–H groups in total. The fraction of sp³-hybridized carbons (Fsp3) is 1.00. The number of hydrogen-bond acceptors (Lipinski definition) is 2. The van der Waals surface area contributed by atoms with Gasteiger partial charge in [-0.3, -0.25) is 9.11 Å². The molecule has 4 nitrogen and oxygen atoms in total. The van der Waals surface area contributed by atoms with E-state index in [1.807, 2.05) is 0 Å². The summed E-state index contributed by atoms with van der Waals surface area (Å²) in [6.07, 6.45) is 0. The van der Waals surface area contributed by atoms with Crippen molar-refractivity contribution in [1.82, 2.24) is 0 Å². The second-order valence-corrected chi connectivity index (χ2v) is 1.34. The predicted octanol–water partition coefficient (Wildman–Crippen LogP) is -1.47. The molecule has 0 rings (SSSR count). The van der Waals surface area contributed by atoms with Crippen molar-refractivity contribution in [1.29, 1.82) is 0 Å². The Balaban J connectivity index is -0.0000000800. The Bertz CT molecular complexity index is 94.9. The van der Waals surface area contributed by atoms with Gasteiger partial charge >= 0.3 is 10.4 Å². The SMILES string of the molecule is C.O=S(=O)(O)O.[SiH4]. The van der Waals surface area contributed by atoms with Crippen LogP contribution in [0.4, 0.5) is 0 Å². The molecule has 0 aromatic rings. The van der Waals surface area contributed by atoms with E-state index in [1.54, 1.807) is 0 Å². The van der Waals surface area contributed by atoms with Crippen molar-refractivity contribution in [2.45, 2.75) is 7.43 Å². The minimum atomic E-state index is -4.67. The van der Waals surface area contributed by atoms with Crippen molar-refractivity contribution in [3.8, 4) is 0 Å². The average Bonchev–Trinajstić information content (AvgIpc) is 0.722. The lowest BCUT2D eigenvalue weighted by molar-refractivity contribution is 0.381. The fourth-order valence-corrected chi connectivity index (χ4v) is 0. The largest absolute Gasteiger partial charge is 0.394 e. The molecule has 0 aromatic heterocycles. The third-order valence-electron chi connectivity index (χ3n) is 0. The van der Waals surface area contributed by atoms with E-state index in [9.17, 15) is 0 Å². The van der Waals surface area contributed by atoms with Crippen molar-refractivity contribution < 1.29 is 17.5 Å². The van der Waals surface area contributed by atoms with Crippen LogP contribution in [0.2, 0.25) is 0 Å². The Morgan fingerprint density at radius 3 is 1.14 bits per heavy atom. The van der Waals surface area contributed by atoms with Crippen LogP contribution in [0.5, 0.6) is 0 Å². The standard InChI is InChI=1S/CH4.H2O4S.H4Si/c;1-5(2,3)4;/h1H4;(H2,1,2,3,4);1H4. The summed E-state index contributed by atoms with van der Waals surface area (Å²) in [7, 11) is -4.67. The average molecular weight is 146 g/mol. The molecule has 0 unspecified atom stereocenters. The number of rotatable bonds is 0. The van der Waals surface area contributed by atoms with Crippen LogP contribution in [0.15, 0.2) is 0 Å². The molecule has 7 heavy (non-hydrogen) atoms. The lowest BCUT2D eigenvalue weighted by Crippen LogP contribution is -1.89. The Labute approximate surface area is 47.2 Å². The van der Waals surface area contributed by atoms with Gasteiger partial charge in [0.25, 0.3) is 0 Å². The Morgan fingerprint density at radius 2 is 1.14 bits per heavy atom. The van der Waals surface area contributed by atoms with E-state index in [0.717, 1.165) is 0 Å². The Hall–Kier alpha value is 0.0869. The molecule has 0 atom stereocenters. The van der Waals surface area contributed by atoms with Gasteiger partial charge in [-0.25, -0.2) is 0 Å². The van der Waals surface area contributed by atoms with Crippen molar-refractivity contribution in [3.05, 3.63) is 0 Å². The molecular weight excluding hydrogens is 136 g/mol. The molecular formula is CH10O4SSi. The van der Waals surface area contributed by atoms with Crippen molar-refractivity contribution in [2.24, 2.45) is 0 Å². The molecule has 0 heterocycles. The molecule has 6 heteroatoms. The van der Waals surface area contributed by atoms with Crippen LogP contribution >= 0.6 is 0 Å². The third-order valence-corrected chi connectivity index (χ3v) is 0. The highest BCUT2D eigenvalue weighted by Gasteiger charge is 1.84. The summed E-state index contributed by atoms with van der Waals surface area (Å²) >= 11 is 0. The Kier molecular flexibility index (Phi) is 9.55. The normalized spacial score (nSPS) is 8.29. The van der Waals surface area contributed by atoms with Crippen molar-refractivity contribution in [3.63, 3.8) is 0 Å². The topological polar surface area (TPSA) is 74.6 Å². The van der Waals surface area contributed by atoms with Crippen LogP contribution in [0.3, 0.4) is 0 Å². The van der Waals surface area contributed by atoms with Gasteiger partial charge in [-0.1, -0.05) is 7.43 Å². The maximum Gasteiger partial charge on any atom is 0.394 e. The van der Waals surface area contributed by atoms with Crippen LogP contribution in [-0.4, -0.2) is 28.5 Å². The van der Waals surface area contributed by atoms with Gasteiger partial charge in [0, 0.05) is 0 Å². The highest BCUT2D eigenvalue weighted by atomic mass is 32.3. The van der Waals surface area contributed by atoms with Crippen molar-refractivity contribution >= 4 is 21.4 Å². The molecule has 0 aliphatic carbocycles. The van der Waals surface area contributed by atoms with Crippen LogP contribution < -0.4 is 0 Å². The minimum absolute atomic E-state index is 0. The third kappa shape index (κ3) is 13500. The minimum Gasteiger partial charge on any atom is -0.264 e. The molecule has 0 saturated carbocycles. The fourth-order valence-electron chi connectivity index (χ4n) is 0. The van der Waals surface area contributed by atoms with Crippen LogP contribution in [0.1, 0.15) is 7.43 Å². The smallest absolute Gasteiger partial charge is 0.264 e. The highest BCUT2D eigenvalue weighted by molar-refractivity contribution is 7.79. The molecule has 0 amide bonds. The lowest BCUT2D eigenvalue weighted by atomic mass is 12.0. The van der Waals surface area contributed by atoms with E-state index in [4.69, 9.17) is 17.5 Å². The highest BCUT2D eigenvalue weighted by Crippen LogP contribution is 1.59. The Morgan fingerprint density at radius 1 is 1.14 bits per heavy atom. The van der Waals surface area contributed by atoms with E-state index in [2.05, 4.69) is 0 Å². The van der Waals surface area contributed by atoms with E-state index >= 15 is 0 Å². The van der Waals surface area contributed by atoms with Crippen LogP contribution in [0.25, 0.3) is 0 Å². The summed E-state index contributed by atoms with van der Waals surface area (Å²) in [4.78, 5) is 0. The zero-order chi connectivity index (χ0) is 4.50. The first-order valence-corrected chi connectivity index (χ1v) is 2.10. The van der Waals surface area contributed by atoms with Gasteiger partial charge in [-0.2, -0.15) is 8.42 Å². The van der Waals surface area contributed by atoms with Gasteiger partial charge < -0.3 is 0 Å². The first-order valence-electron chi connectivity index (χ1n) is 0.698. The first kappa shape index (κ1) is 15.7. The van der Waals surface area contributed by atoms with Gasteiger partial charge in [0.1, 0.15) is 0 Å². The van der Waals surface area contributed by atoms with Gasteiger partial charge in [0.05, 0.1) is 0 Å². The number of hydrogen-bond donors (Lipinski definition) is 2. The van der Waals surface area contributed by atoms with E-state index < -0.39 is 10.4 Å². The molecule has 0 aliphatic rings. The van der Waals surface area contributed by atoms with Gasteiger partial charge in [-0.15, -0.1) is 0 Å². The molecule has 0 aromatic carbocycles. The van der Waals surface area contributed by atoms with Crippen molar-refractivity contribution in [2.75, 3.05) is 0 Å². The quantitative estimate of drug-likeness (QED) is 0.323. The van der Waals surface area contributed by atoms with Gasteiger partial charge in [-0.05, 0) is 11.0 Å². The first-order chi connectivity index (χ1) is 2.00. The van der Waals surface area contributed by atoms with Gasteiger partial charge in [0.15, 0.2) is 0 Å². The lowest BCUT2D eigenvalue weighted by Gasteiger charge is -1.68. The van der Waals surface area contributed by atoms with Gasteiger partial charge in [0.2, 0.25) is 0 Å². The predicted molar refractivity (Wildman–Crippen MR) is 32.2 cm³/mol. The molecule has 0 bridgehead atoms. The van der Waals surface area contributed by atoms with E-state index in [0.29, 0.717) is 0 Å². The van der Waals surface area contributed by atoms with E-state index in [-0.39, 0.29) is 18.4 Å². The van der Waals surface area contributed by atoms with Crippen LogP contribution in [0, 0.1) is 0 Å². The molecule has 0 radical (unpaired) electrons. The maximum absolute atomic E-state index is 8.74. The summed E-state index contributed by atoms with van der Waals surface area (Å²) < 4.78 is 31.6. The summed E-state index contributed by atoms with van der Waals surface area (Å²) in [5, 5.41) is 0. The molecule has 0 saturated heterocycles.